The Balaban J connectivity index is 0.00000243. The van der Waals surface area contributed by atoms with Crippen LogP contribution in [0.25, 0.3) is 0 Å². The van der Waals surface area contributed by atoms with Crippen molar-refractivity contribution < 1.29 is 4.74 Å². The first-order valence-electron chi connectivity index (χ1n) is 9.72. The summed E-state index contributed by atoms with van der Waals surface area (Å²) >= 11 is 0. The van der Waals surface area contributed by atoms with E-state index >= 15 is 0 Å². The average Bonchev–Trinajstić information content (AvgIpc) is 3.11. The number of halogens is 1. The number of hydrogen-bond acceptors (Lipinski definition) is 3. The minimum absolute atomic E-state index is 0. The van der Waals surface area contributed by atoms with Gasteiger partial charge in [0.15, 0.2) is 5.96 Å². The molecule has 1 atom stereocenters. The van der Waals surface area contributed by atoms with Gasteiger partial charge >= 0.3 is 0 Å². The van der Waals surface area contributed by atoms with E-state index < -0.39 is 0 Å². The molecule has 2 aliphatic rings. The highest BCUT2D eigenvalue weighted by atomic mass is 127. The van der Waals surface area contributed by atoms with E-state index in [1.165, 1.54) is 18.4 Å². The van der Waals surface area contributed by atoms with Gasteiger partial charge in [-0.25, -0.2) is 0 Å². The third-order valence-corrected chi connectivity index (χ3v) is 5.07. The van der Waals surface area contributed by atoms with Crippen molar-refractivity contribution in [1.29, 1.82) is 0 Å². The van der Waals surface area contributed by atoms with Gasteiger partial charge in [-0.1, -0.05) is 30.3 Å². The molecular weight excluding hydrogens is 439 g/mol. The Kier molecular flexibility index (Phi) is 9.71. The van der Waals surface area contributed by atoms with Gasteiger partial charge in [-0.3, -0.25) is 9.89 Å². The molecule has 0 aliphatic carbocycles. The fourth-order valence-electron chi connectivity index (χ4n) is 3.69. The Morgan fingerprint density at radius 3 is 2.69 bits per heavy atom. The highest BCUT2D eigenvalue weighted by Gasteiger charge is 2.25. The monoisotopic (exact) mass is 472 g/mol. The van der Waals surface area contributed by atoms with Gasteiger partial charge in [0.05, 0.1) is 19.8 Å². The van der Waals surface area contributed by atoms with Crippen LogP contribution in [0, 0.1) is 5.92 Å². The minimum atomic E-state index is 0. The number of aliphatic imine (C=N–C) groups is 1. The zero-order valence-corrected chi connectivity index (χ0v) is 18.2. The van der Waals surface area contributed by atoms with Crippen molar-refractivity contribution in [2.24, 2.45) is 10.9 Å². The number of morpholine rings is 1. The number of guanidine groups is 1. The van der Waals surface area contributed by atoms with Crippen LogP contribution < -0.4 is 5.32 Å². The van der Waals surface area contributed by atoms with Gasteiger partial charge < -0.3 is 15.0 Å². The second kappa shape index (κ2) is 11.8. The lowest BCUT2D eigenvalue weighted by molar-refractivity contribution is 0.0394. The standard InChI is InChI=1S/C20H32N4O.HI/c1-2-21-20(22-9-11-23-12-14-25-15-13-23)24-10-8-19(17-24)16-18-6-4-3-5-7-18;/h3-7,19H,2,8-17H2,1H3,(H,21,22);1H. The van der Waals surface area contributed by atoms with E-state index in [-0.39, 0.29) is 24.0 Å². The smallest absolute Gasteiger partial charge is 0.193 e. The second-order valence-corrected chi connectivity index (χ2v) is 6.98. The zero-order chi connectivity index (χ0) is 17.3. The van der Waals surface area contributed by atoms with Crippen LogP contribution in [-0.4, -0.2) is 74.8 Å². The van der Waals surface area contributed by atoms with Gasteiger partial charge in [0.25, 0.3) is 0 Å². The summed E-state index contributed by atoms with van der Waals surface area (Å²) in [6, 6.07) is 10.8. The van der Waals surface area contributed by atoms with E-state index in [1.807, 2.05) is 0 Å². The van der Waals surface area contributed by atoms with Crippen molar-refractivity contribution in [3.8, 4) is 0 Å². The van der Waals surface area contributed by atoms with E-state index in [0.717, 1.165) is 70.9 Å². The molecule has 5 nitrogen and oxygen atoms in total. The normalized spacial score (nSPS) is 21.5. The first kappa shape index (κ1) is 21.4. The highest BCUT2D eigenvalue weighted by molar-refractivity contribution is 14.0. The first-order chi connectivity index (χ1) is 12.3. The van der Waals surface area contributed by atoms with Crippen LogP contribution in [0.5, 0.6) is 0 Å². The molecule has 0 aromatic heterocycles. The fourth-order valence-corrected chi connectivity index (χ4v) is 3.69. The molecule has 1 aromatic carbocycles. The predicted molar refractivity (Wildman–Crippen MR) is 118 cm³/mol. The van der Waals surface area contributed by atoms with Crippen LogP contribution in [-0.2, 0) is 11.2 Å². The van der Waals surface area contributed by atoms with Crippen molar-refractivity contribution in [2.75, 3.05) is 59.0 Å². The van der Waals surface area contributed by atoms with E-state index in [2.05, 4.69) is 52.4 Å². The molecule has 2 fully saturated rings. The minimum Gasteiger partial charge on any atom is -0.379 e. The lowest BCUT2D eigenvalue weighted by Crippen LogP contribution is -2.41. The molecule has 146 valence electrons. The number of nitrogens with one attached hydrogen (secondary N) is 1. The molecule has 1 N–H and O–H groups in total. The summed E-state index contributed by atoms with van der Waals surface area (Å²) in [5.41, 5.74) is 1.45. The average molecular weight is 472 g/mol. The van der Waals surface area contributed by atoms with Crippen molar-refractivity contribution >= 4 is 29.9 Å². The molecule has 0 saturated carbocycles. The third-order valence-electron chi connectivity index (χ3n) is 5.07. The summed E-state index contributed by atoms with van der Waals surface area (Å²) in [4.78, 5) is 9.76. The molecule has 2 heterocycles. The SMILES string of the molecule is CCNC(=NCCN1CCOCC1)N1CCC(Cc2ccccc2)C1.I. The fraction of sp³-hybridized carbons (Fsp3) is 0.650. The molecule has 1 aromatic rings. The quantitative estimate of drug-likeness (QED) is 0.393. The van der Waals surface area contributed by atoms with Gasteiger partial charge in [-0.15, -0.1) is 24.0 Å². The summed E-state index contributed by atoms with van der Waals surface area (Å²) in [6.45, 7) is 11.0. The zero-order valence-electron chi connectivity index (χ0n) is 15.9. The molecule has 26 heavy (non-hydrogen) atoms. The largest absolute Gasteiger partial charge is 0.379 e. The number of benzene rings is 1. The van der Waals surface area contributed by atoms with Crippen molar-refractivity contribution in [3.05, 3.63) is 35.9 Å². The highest BCUT2D eigenvalue weighted by Crippen LogP contribution is 2.20. The van der Waals surface area contributed by atoms with Crippen LogP contribution in [0.4, 0.5) is 0 Å². The van der Waals surface area contributed by atoms with E-state index in [4.69, 9.17) is 9.73 Å². The topological polar surface area (TPSA) is 40.1 Å². The van der Waals surface area contributed by atoms with Crippen molar-refractivity contribution in [2.45, 2.75) is 19.8 Å². The Labute approximate surface area is 175 Å². The molecule has 0 bridgehead atoms. The van der Waals surface area contributed by atoms with E-state index in [1.54, 1.807) is 0 Å². The maximum Gasteiger partial charge on any atom is 0.193 e. The Hall–Kier alpha value is -0.860. The number of hydrogen-bond donors (Lipinski definition) is 1. The van der Waals surface area contributed by atoms with E-state index in [0.29, 0.717) is 0 Å². The Morgan fingerprint density at radius 2 is 1.96 bits per heavy atom. The second-order valence-electron chi connectivity index (χ2n) is 6.98. The summed E-state index contributed by atoms with van der Waals surface area (Å²) in [7, 11) is 0. The molecule has 0 radical (unpaired) electrons. The van der Waals surface area contributed by atoms with Crippen LogP contribution in [0.2, 0.25) is 0 Å². The van der Waals surface area contributed by atoms with Crippen LogP contribution in [0.3, 0.4) is 0 Å². The van der Waals surface area contributed by atoms with Crippen LogP contribution >= 0.6 is 24.0 Å². The lowest BCUT2D eigenvalue weighted by atomic mass is 9.99. The number of ether oxygens (including phenoxy) is 1. The van der Waals surface area contributed by atoms with Gasteiger partial charge in [-0.2, -0.15) is 0 Å². The first-order valence-corrected chi connectivity index (χ1v) is 9.72. The molecule has 2 aliphatic heterocycles. The Morgan fingerprint density at radius 1 is 1.19 bits per heavy atom. The maximum atomic E-state index is 5.41. The predicted octanol–water partition coefficient (Wildman–Crippen LogP) is 2.47. The van der Waals surface area contributed by atoms with Gasteiger partial charge in [0.1, 0.15) is 0 Å². The molecule has 3 rings (SSSR count). The van der Waals surface area contributed by atoms with Gasteiger partial charge in [0, 0.05) is 39.3 Å². The lowest BCUT2D eigenvalue weighted by Gasteiger charge is -2.26. The van der Waals surface area contributed by atoms with Crippen molar-refractivity contribution in [3.63, 3.8) is 0 Å². The van der Waals surface area contributed by atoms with Gasteiger partial charge in [-0.05, 0) is 31.2 Å². The molecule has 0 spiro atoms. The summed E-state index contributed by atoms with van der Waals surface area (Å²) in [5.74, 6) is 1.82. The van der Waals surface area contributed by atoms with Crippen LogP contribution in [0.15, 0.2) is 35.3 Å². The summed E-state index contributed by atoms with van der Waals surface area (Å²) < 4.78 is 5.41. The van der Waals surface area contributed by atoms with Crippen molar-refractivity contribution in [1.82, 2.24) is 15.1 Å². The number of rotatable bonds is 6. The Bertz CT molecular complexity index is 534. The number of likely N-dealkylation sites (tertiary alicyclic amines) is 1. The number of nitrogens with zero attached hydrogens (tertiary/aromatic N) is 3. The van der Waals surface area contributed by atoms with Gasteiger partial charge in [0.2, 0.25) is 0 Å². The van der Waals surface area contributed by atoms with E-state index in [9.17, 15) is 0 Å². The maximum absolute atomic E-state index is 5.41. The third kappa shape index (κ3) is 6.70. The molecule has 2 saturated heterocycles. The summed E-state index contributed by atoms with van der Waals surface area (Å²) in [5, 5.41) is 3.48. The molecule has 1 unspecified atom stereocenters. The summed E-state index contributed by atoms with van der Waals surface area (Å²) in [6.07, 6.45) is 2.42. The molecule has 6 heteroatoms. The van der Waals surface area contributed by atoms with Crippen LogP contribution in [0.1, 0.15) is 18.9 Å². The molecular formula is C20H33IN4O. The molecule has 0 amide bonds.